The molecule has 0 spiro atoms. The standard InChI is InChI=1S/C15H24N4O7S/c1-25-9-7-18(8-10-26-2)15(20)5-6-17-13-4-3-12(27(16,23)24)11-14(13)19(21)22/h3-4,11,17H,5-10H2,1-2H3,(H2,16,23,24). The van der Waals surface area contributed by atoms with Gasteiger partial charge in [-0.15, -0.1) is 0 Å². The Morgan fingerprint density at radius 1 is 1.26 bits per heavy atom. The number of nitro benzene ring substituents is 1. The van der Waals surface area contributed by atoms with Crippen molar-refractivity contribution in [2.75, 3.05) is 52.4 Å². The summed E-state index contributed by atoms with van der Waals surface area (Å²) in [6.45, 7) is 1.70. The van der Waals surface area contributed by atoms with Gasteiger partial charge in [-0.05, 0) is 12.1 Å². The SMILES string of the molecule is COCCN(CCOC)C(=O)CCNc1ccc(S(N)(=O)=O)cc1[N+](=O)[O-]. The van der Waals surface area contributed by atoms with Crippen molar-refractivity contribution in [1.82, 2.24) is 4.90 Å². The highest BCUT2D eigenvalue weighted by molar-refractivity contribution is 7.89. The lowest BCUT2D eigenvalue weighted by Gasteiger charge is -2.22. The van der Waals surface area contributed by atoms with E-state index in [1.165, 1.54) is 20.3 Å². The molecule has 12 heteroatoms. The van der Waals surface area contributed by atoms with E-state index in [9.17, 15) is 23.3 Å². The lowest BCUT2D eigenvalue weighted by molar-refractivity contribution is -0.384. The molecule has 0 bridgehead atoms. The Labute approximate surface area is 157 Å². The van der Waals surface area contributed by atoms with Crippen molar-refractivity contribution < 1.29 is 27.6 Å². The van der Waals surface area contributed by atoms with Crippen LogP contribution in [-0.2, 0) is 24.3 Å². The maximum absolute atomic E-state index is 12.3. The van der Waals surface area contributed by atoms with E-state index in [4.69, 9.17) is 14.6 Å². The van der Waals surface area contributed by atoms with Gasteiger partial charge in [0, 0.05) is 46.3 Å². The zero-order valence-corrected chi connectivity index (χ0v) is 16.0. The number of anilines is 1. The Balaban J connectivity index is 2.76. The summed E-state index contributed by atoms with van der Waals surface area (Å²) in [6.07, 6.45) is 0.0848. The molecular formula is C15H24N4O7S. The Hall–Kier alpha value is -2.28. The average molecular weight is 404 g/mol. The normalized spacial score (nSPS) is 11.2. The van der Waals surface area contributed by atoms with Crippen LogP contribution in [0.5, 0.6) is 0 Å². The van der Waals surface area contributed by atoms with Crippen LogP contribution in [0.4, 0.5) is 11.4 Å². The summed E-state index contributed by atoms with van der Waals surface area (Å²) >= 11 is 0. The number of methoxy groups -OCH3 is 2. The molecule has 0 aliphatic rings. The second-order valence-corrected chi connectivity index (χ2v) is 7.09. The lowest BCUT2D eigenvalue weighted by Crippen LogP contribution is -2.37. The molecule has 0 aliphatic heterocycles. The highest BCUT2D eigenvalue weighted by Gasteiger charge is 2.19. The number of hydrogen-bond acceptors (Lipinski definition) is 8. The molecule has 1 amide bonds. The maximum Gasteiger partial charge on any atom is 0.293 e. The fourth-order valence-corrected chi connectivity index (χ4v) is 2.75. The molecule has 27 heavy (non-hydrogen) atoms. The van der Waals surface area contributed by atoms with E-state index < -0.39 is 20.6 Å². The third kappa shape index (κ3) is 7.46. The fraction of sp³-hybridized carbons (Fsp3) is 0.533. The van der Waals surface area contributed by atoms with E-state index >= 15 is 0 Å². The maximum atomic E-state index is 12.3. The number of benzene rings is 1. The van der Waals surface area contributed by atoms with Gasteiger partial charge in [-0.1, -0.05) is 0 Å². The van der Waals surface area contributed by atoms with E-state index in [0.29, 0.717) is 26.3 Å². The lowest BCUT2D eigenvalue weighted by atomic mass is 10.2. The van der Waals surface area contributed by atoms with Crippen LogP contribution in [0.3, 0.4) is 0 Å². The van der Waals surface area contributed by atoms with Crippen LogP contribution < -0.4 is 10.5 Å². The van der Waals surface area contributed by atoms with Crippen LogP contribution in [0.1, 0.15) is 6.42 Å². The predicted octanol–water partition coefficient (Wildman–Crippen LogP) is 0.166. The van der Waals surface area contributed by atoms with Crippen LogP contribution in [0.2, 0.25) is 0 Å². The third-order valence-corrected chi connectivity index (χ3v) is 4.54. The summed E-state index contributed by atoms with van der Waals surface area (Å²) in [5.74, 6) is -0.166. The van der Waals surface area contributed by atoms with Crippen molar-refractivity contribution in [2.45, 2.75) is 11.3 Å². The molecule has 0 heterocycles. The van der Waals surface area contributed by atoms with Gasteiger partial charge >= 0.3 is 0 Å². The molecule has 1 rings (SSSR count). The number of nitrogens with two attached hydrogens (primary N) is 1. The minimum Gasteiger partial charge on any atom is -0.383 e. The molecule has 1 aromatic carbocycles. The van der Waals surface area contributed by atoms with Crippen molar-refractivity contribution in [3.05, 3.63) is 28.3 Å². The molecule has 11 nitrogen and oxygen atoms in total. The number of sulfonamides is 1. The largest absolute Gasteiger partial charge is 0.383 e. The number of primary sulfonamides is 1. The van der Waals surface area contributed by atoms with Crippen molar-refractivity contribution in [3.8, 4) is 0 Å². The second-order valence-electron chi connectivity index (χ2n) is 5.52. The first-order valence-corrected chi connectivity index (χ1v) is 9.56. The topological polar surface area (TPSA) is 154 Å². The first kappa shape index (κ1) is 22.8. The molecule has 1 aromatic rings. The number of amides is 1. The average Bonchev–Trinajstić information content (AvgIpc) is 2.60. The minimum absolute atomic E-state index is 0.0848. The van der Waals surface area contributed by atoms with Crippen LogP contribution in [0, 0.1) is 10.1 Å². The molecule has 0 fully saturated rings. The second kappa shape index (κ2) is 10.8. The molecule has 0 aliphatic carbocycles. The number of ether oxygens (including phenoxy) is 2. The van der Waals surface area contributed by atoms with E-state index in [2.05, 4.69) is 5.32 Å². The summed E-state index contributed by atoms with van der Waals surface area (Å²) in [5.41, 5.74) is -0.342. The summed E-state index contributed by atoms with van der Waals surface area (Å²) in [7, 11) is -0.990. The first-order chi connectivity index (χ1) is 12.7. The van der Waals surface area contributed by atoms with Crippen molar-refractivity contribution in [2.24, 2.45) is 5.14 Å². The van der Waals surface area contributed by atoms with E-state index in [-0.39, 0.29) is 29.5 Å². The molecule has 152 valence electrons. The van der Waals surface area contributed by atoms with Crippen molar-refractivity contribution in [3.63, 3.8) is 0 Å². The number of nitrogens with one attached hydrogen (secondary N) is 1. The smallest absolute Gasteiger partial charge is 0.293 e. The monoisotopic (exact) mass is 404 g/mol. The minimum atomic E-state index is -4.06. The number of nitrogens with zero attached hydrogens (tertiary/aromatic N) is 2. The molecular weight excluding hydrogens is 380 g/mol. The highest BCUT2D eigenvalue weighted by Crippen LogP contribution is 2.27. The van der Waals surface area contributed by atoms with Gasteiger partial charge in [0.15, 0.2) is 0 Å². The molecule has 0 radical (unpaired) electrons. The van der Waals surface area contributed by atoms with Crippen LogP contribution in [0.15, 0.2) is 23.1 Å². The number of hydrogen-bond donors (Lipinski definition) is 2. The van der Waals surface area contributed by atoms with E-state index in [0.717, 1.165) is 12.1 Å². The quantitative estimate of drug-likeness (QED) is 0.369. The zero-order valence-electron chi connectivity index (χ0n) is 15.2. The number of carbonyl (C=O) groups excluding carboxylic acids is 1. The zero-order chi connectivity index (χ0) is 20.4. The van der Waals surface area contributed by atoms with Gasteiger partial charge in [-0.2, -0.15) is 0 Å². The van der Waals surface area contributed by atoms with Gasteiger partial charge in [-0.3, -0.25) is 14.9 Å². The van der Waals surface area contributed by atoms with Crippen LogP contribution >= 0.6 is 0 Å². The van der Waals surface area contributed by atoms with Crippen LogP contribution in [0.25, 0.3) is 0 Å². The number of carbonyl (C=O) groups is 1. The fourth-order valence-electron chi connectivity index (χ4n) is 2.22. The van der Waals surface area contributed by atoms with Gasteiger partial charge in [0.25, 0.3) is 5.69 Å². The molecule has 3 N–H and O–H groups in total. The van der Waals surface area contributed by atoms with Gasteiger partial charge in [-0.25, -0.2) is 13.6 Å². The van der Waals surface area contributed by atoms with Crippen molar-refractivity contribution in [1.29, 1.82) is 0 Å². The predicted molar refractivity (Wildman–Crippen MR) is 97.9 cm³/mol. The molecule has 0 atom stereocenters. The van der Waals surface area contributed by atoms with E-state index in [1.54, 1.807) is 4.90 Å². The molecule has 0 unspecified atom stereocenters. The molecule has 0 saturated heterocycles. The third-order valence-electron chi connectivity index (χ3n) is 3.63. The molecule has 0 aromatic heterocycles. The van der Waals surface area contributed by atoms with Gasteiger partial charge in [0.05, 0.1) is 23.0 Å². The Morgan fingerprint density at radius 2 is 1.85 bits per heavy atom. The Kier molecular flexibility index (Phi) is 9.08. The van der Waals surface area contributed by atoms with Gasteiger partial charge in [0.2, 0.25) is 15.9 Å². The van der Waals surface area contributed by atoms with Gasteiger partial charge in [0.1, 0.15) is 5.69 Å². The van der Waals surface area contributed by atoms with Gasteiger partial charge < -0.3 is 19.7 Å². The summed E-state index contributed by atoms with van der Waals surface area (Å²) in [5, 5.41) is 18.9. The molecule has 0 saturated carbocycles. The number of rotatable bonds is 12. The highest BCUT2D eigenvalue weighted by atomic mass is 32.2. The summed E-state index contributed by atoms with van der Waals surface area (Å²) in [6, 6.07) is 3.29. The summed E-state index contributed by atoms with van der Waals surface area (Å²) < 4.78 is 32.6. The number of nitro groups is 1. The van der Waals surface area contributed by atoms with Crippen LogP contribution in [-0.4, -0.2) is 71.2 Å². The van der Waals surface area contributed by atoms with E-state index in [1.807, 2.05) is 0 Å². The Bertz CT molecular complexity index is 747. The Morgan fingerprint density at radius 3 is 2.33 bits per heavy atom. The first-order valence-electron chi connectivity index (χ1n) is 8.01. The van der Waals surface area contributed by atoms with Crippen molar-refractivity contribution >= 4 is 27.3 Å². The summed E-state index contributed by atoms with van der Waals surface area (Å²) in [4.78, 5) is 24.0.